The molecule has 1 aliphatic rings. The van der Waals surface area contributed by atoms with Crippen molar-refractivity contribution in [1.82, 2.24) is 23.9 Å². The summed E-state index contributed by atoms with van der Waals surface area (Å²) >= 11 is 0. The van der Waals surface area contributed by atoms with Gasteiger partial charge in [0.2, 0.25) is 15.9 Å². The van der Waals surface area contributed by atoms with E-state index in [4.69, 9.17) is 0 Å². The number of hydrogen-bond donors (Lipinski definition) is 0. The van der Waals surface area contributed by atoms with Gasteiger partial charge in [-0.3, -0.25) is 14.4 Å². The largest absolute Gasteiger partial charge is 0.342 e. The zero-order chi connectivity index (χ0) is 18.8. The monoisotopic (exact) mass is 371 g/mol. The Labute approximate surface area is 150 Å². The Bertz CT molecular complexity index is 716. The Morgan fingerprint density at radius 3 is 2.12 bits per heavy atom. The summed E-state index contributed by atoms with van der Waals surface area (Å²) < 4.78 is 29.0. The minimum atomic E-state index is -3.55. The molecule has 0 saturated carbocycles. The molecule has 0 N–H and O–H groups in total. The highest BCUT2D eigenvalue weighted by Gasteiger charge is 2.33. The van der Waals surface area contributed by atoms with Crippen molar-refractivity contribution in [2.75, 3.05) is 45.8 Å². The Hall–Kier alpha value is -1.45. The lowest BCUT2D eigenvalue weighted by atomic mass is 10.3. The average molecular weight is 372 g/mol. The maximum absolute atomic E-state index is 13.0. The molecule has 2 heterocycles. The molecular formula is C16H29N5O3S. The number of carbonyl (C=O) groups excluding carboxylic acids is 1. The van der Waals surface area contributed by atoms with Crippen LogP contribution < -0.4 is 0 Å². The number of sulfonamides is 1. The molecule has 0 atom stereocenters. The molecule has 0 aliphatic carbocycles. The van der Waals surface area contributed by atoms with E-state index >= 15 is 0 Å². The van der Waals surface area contributed by atoms with Crippen LogP contribution in [0, 0.1) is 13.8 Å². The van der Waals surface area contributed by atoms with Crippen LogP contribution in [-0.4, -0.2) is 84.0 Å². The first-order chi connectivity index (χ1) is 11.7. The first kappa shape index (κ1) is 19.9. The van der Waals surface area contributed by atoms with Gasteiger partial charge in [-0.2, -0.15) is 9.40 Å². The van der Waals surface area contributed by atoms with Crippen LogP contribution in [0.4, 0.5) is 0 Å². The molecule has 1 aliphatic heterocycles. The fourth-order valence-electron chi connectivity index (χ4n) is 3.25. The highest BCUT2D eigenvalue weighted by molar-refractivity contribution is 7.89. The van der Waals surface area contributed by atoms with Gasteiger partial charge in [0.15, 0.2) is 0 Å². The second-order valence-electron chi connectivity index (χ2n) is 6.37. The third-order valence-electron chi connectivity index (χ3n) is 4.85. The Morgan fingerprint density at radius 1 is 1.12 bits per heavy atom. The van der Waals surface area contributed by atoms with Crippen LogP contribution in [0.25, 0.3) is 0 Å². The van der Waals surface area contributed by atoms with Gasteiger partial charge in [-0.05, 0) is 27.7 Å². The van der Waals surface area contributed by atoms with Gasteiger partial charge in [-0.25, -0.2) is 8.42 Å². The third-order valence-corrected chi connectivity index (χ3v) is 7.00. The summed E-state index contributed by atoms with van der Waals surface area (Å²) in [5.74, 6) is 0.0975. The van der Waals surface area contributed by atoms with Crippen molar-refractivity contribution in [3.05, 3.63) is 11.4 Å². The van der Waals surface area contributed by atoms with Gasteiger partial charge < -0.3 is 4.90 Å². The van der Waals surface area contributed by atoms with Crippen molar-refractivity contribution in [3.63, 3.8) is 0 Å². The minimum Gasteiger partial charge on any atom is -0.342 e. The zero-order valence-electron chi connectivity index (χ0n) is 15.8. The second-order valence-corrected chi connectivity index (χ2v) is 8.24. The van der Waals surface area contributed by atoms with Crippen LogP contribution in [0.2, 0.25) is 0 Å². The molecule has 25 heavy (non-hydrogen) atoms. The maximum atomic E-state index is 13.0. The van der Waals surface area contributed by atoms with Crippen LogP contribution >= 0.6 is 0 Å². The number of nitrogens with zero attached hydrogens (tertiary/aromatic N) is 5. The van der Waals surface area contributed by atoms with E-state index in [0.717, 1.165) is 0 Å². The quantitative estimate of drug-likeness (QED) is 0.714. The summed E-state index contributed by atoms with van der Waals surface area (Å²) in [6, 6.07) is 0. The lowest BCUT2D eigenvalue weighted by Crippen LogP contribution is -2.51. The van der Waals surface area contributed by atoms with E-state index in [0.29, 0.717) is 62.1 Å². The Morgan fingerprint density at radius 2 is 1.68 bits per heavy atom. The average Bonchev–Trinajstić information content (AvgIpc) is 2.82. The van der Waals surface area contributed by atoms with Crippen molar-refractivity contribution in [2.45, 2.75) is 32.6 Å². The number of piperazine rings is 1. The van der Waals surface area contributed by atoms with E-state index < -0.39 is 10.0 Å². The predicted molar refractivity (Wildman–Crippen MR) is 95.8 cm³/mol. The van der Waals surface area contributed by atoms with Gasteiger partial charge in [0, 0.05) is 46.3 Å². The van der Waals surface area contributed by atoms with Crippen molar-refractivity contribution >= 4 is 15.9 Å². The second kappa shape index (κ2) is 7.84. The number of rotatable bonds is 6. The summed E-state index contributed by atoms with van der Waals surface area (Å²) in [7, 11) is -1.80. The summed E-state index contributed by atoms with van der Waals surface area (Å²) in [4.78, 5) is 16.3. The van der Waals surface area contributed by atoms with Crippen molar-refractivity contribution in [2.24, 2.45) is 7.05 Å². The fourth-order valence-corrected chi connectivity index (χ4v) is 5.07. The van der Waals surface area contributed by atoms with Gasteiger partial charge in [0.05, 0.1) is 17.9 Å². The zero-order valence-corrected chi connectivity index (χ0v) is 16.6. The van der Waals surface area contributed by atoms with Crippen LogP contribution in [0.5, 0.6) is 0 Å². The summed E-state index contributed by atoms with van der Waals surface area (Å²) in [5, 5.41) is 4.21. The topological polar surface area (TPSA) is 78.8 Å². The third kappa shape index (κ3) is 4.04. The molecule has 0 aromatic carbocycles. The predicted octanol–water partition coefficient (Wildman–Crippen LogP) is 0.212. The lowest BCUT2D eigenvalue weighted by Gasteiger charge is -2.34. The van der Waals surface area contributed by atoms with Crippen molar-refractivity contribution in [3.8, 4) is 0 Å². The molecule has 0 spiro atoms. The van der Waals surface area contributed by atoms with E-state index in [-0.39, 0.29) is 5.91 Å². The fraction of sp³-hybridized carbons (Fsp3) is 0.750. The molecule has 0 unspecified atom stereocenters. The van der Waals surface area contributed by atoms with E-state index in [9.17, 15) is 13.2 Å². The number of likely N-dealkylation sites (N-methyl/N-ethyl adjacent to an activating group) is 1. The summed E-state index contributed by atoms with van der Waals surface area (Å²) in [5.41, 5.74) is 1.18. The van der Waals surface area contributed by atoms with Crippen LogP contribution in [0.1, 0.15) is 25.2 Å². The van der Waals surface area contributed by atoms with Gasteiger partial charge >= 0.3 is 0 Å². The molecule has 1 fully saturated rings. The standard InChI is InChI=1S/C16H29N5O3S/c1-6-20(7-2)15(22)12-19-8-10-21(11-9-19)25(23,24)16-13(3)17-18(5)14(16)4/h6-12H2,1-5H3. The number of hydrogen-bond acceptors (Lipinski definition) is 5. The molecule has 9 heteroatoms. The lowest BCUT2D eigenvalue weighted by molar-refractivity contribution is -0.132. The molecule has 2 rings (SSSR count). The first-order valence-corrected chi connectivity index (χ1v) is 10.2. The molecule has 1 amide bonds. The highest BCUT2D eigenvalue weighted by Crippen LogP contribution is 2.23. The number of amides is 1. The molecule has 1 saturated heterocycles. The SMILES string of the molecule is CCN(CC)C(=O)CN1CCN(S(=O)(=O)c2c(C)nn(C)c2C)CC1. The Balaban J connectivity index is 2.03. The molecule has 8 nitrogen and oxygen atoms in total. The first-order valence-electron chi connectivity index (χ1n) is 8.72. The molecule has 0 bridgehead atoms. The van der Waals surface area contributed by atoms with Gasteiger partial charge in [-0.1, -0.05) is 0 Å². The molecule has 1 aromatic rings. The maximum Gasteiger partial charge on any atom is 0.246 e. The minimum absolute atomic E-state index is 0.0975. The van der Waals surface area contributed by atoms with Gasteiger partial charge in [0.1, 0.15) is 4.90 Å². The van der Waals surface area contributed by atoms with Gasteiger partial charge in [0.25, 0.3) is 0 Å². The van der Waals surface area contributed by atoms with Crippen molar-refractivity contribution < 1.29 is 13.2 Å². The molecular weight excluding hydrogens is 342 g/mol. The van der Waals surface area contributed by atoms with E-state index in [1.807, 2.05) is 18.7 Å². The van der Waals surface area contributed by atoms with Gasteiger partial charge in [-0.15, -0.1) is 0 Å². The highest BCUT2D eigenvalue weighted by atomic mass is 32.2. The van der Waals surface area contributed by atoms with Crippen LogP contribution in [0.3, 0.4) is 0 Å². The van der Waals surface area contributed by atoms with Crippen LogP contribution in [-0.2, 0) is 21.9 Å². The van der Waals surface area contributed by atoms with Crippen molar-refractivity contribution in [1.29, 1.82) is 0 Å². The van der Waals surface area contributed by atoms with E-state index in [1.54, 1.807) is 30.5 Å². The molecule has 142 valence electrons. The summed E-state index contributed by atoms with van der Waals surface area (Å²) in [6.45, 7) is 11.1. The molecule has 1 aromatic heterocycles. The smallest absolute Gasteiger partial charge is 0.246 e. The normalized spacial score (nSPS) is 17.0. The Kier molecular flexibility index (Phi) is 6.23. The number of aryl methyl sites for hydroxylation is 2. The van der Waals surface area contributed by atoms with Crippen LogP contribution in [0.15, 0.2) is 4.90 Å². The number of aromatic nitrogens is 2. The number of carbonyl (C=O) groups is 1. The van der Waals surface area contributed by atoms with E-state index in [1.165, 1.54) is 4.31 Å². The summed E-state index contributed by atoms with van der Waals surface area (Å²) in [6.07, 6.45) is 0. The molecule has 0 radical (unpaired) electrons. The van der Waals surface area contributed by atoms with E-state index in [2.05, 4.69) is 5.10 Å².